The lowest BCUT2D eigenvalue weighted by molar-refractivity contribution is -0.141. The molecule has 0 aromatic carbocycles. The molecule has 1 aromatic heterocycles. The summed E-state index contributed by atoms with van der Waals surface area (Å²) in [5, 5.41) is 18.3. The van der Waals surface area contributed by atoms with Crippen molar-refractivity contribution in [3.63, 3.8) is 0 Å². The summed E-state index contributed by atoms with van der Waals surface area (Å²) in [5.74, 6) is -1.27. The maximum Gasteiger partial charge on any atom is 0.323 e. The molecule has 14 heavy (non-hydrogen) atoms. The first-order valence-electron chi connectivity index (χ1n) is 3.80. The molecule has 0 saturated heterocycles. The van der Waals surface area contributed by atoms with E-state index in [1.807, 2.05) is 0 Å². The van der Waals surface area contributed by atoms with Gasteiger partial charge >= 0.3 is 5.97 Å². The van der Waals surface area contributed by atoms with Crippen molar-refractivity contribution in [2.75, 3.05) is 0 Å². The number of halogens is 1. The molecule has 6 heteroatoms. The maximum atomic E-state index is 10.4. The first kappa shape index (κ1) is 10.9. The van der Waals surface area contributed by atoms with Gasteiger partial charge in [0.2, 0.25) is 0 Å². The first-order chi connectivity index (χ1) is 6.52. The summed E-state index contributed by atoms with van der Waals surface area (Å²) in [7, 11) is 0. The van der Waals surface area contributed by atoms with E-state index in [9.17, 15) is 9.90 Å². The zero-order chi connectivity index (χ0) is 10.7. The second-order valence-corrected chi connectivity index (χ2v) is 3.11. The highest BCUT2D eigenvalue weighted by Crippen LogP contribution is 2.16. The normalized spacial score (nSPS) is 14.8. The fourth-order valence-electron chi connectivity index (χ4n) is 0.905. The minimum atomic E-state index is -1.36. The summed E-state index contributed by atoms with van der Waals surface area (Å²) in [4.78, 5) is 14.1. The maximum absolute atomic E-state index is 10.4. The van der Waals surface area contributed by atoms with Crippen molar-refractivity contribution in [3.8, 4) is 0 Å². The van der Waals surface area contributed by atoms with Gasteiger partial charge in [0, 0.05) is 11.8 Å². The Morgan fingerprint density at radius 2 is 2.21 bits per heavy atom. The van der Waals surface area contributed by atoms with E-state index < -0.39 is 18.1 Å². The molecular weight excluding hydrogens is 208 g/mol. The average molecular weight is 217 g/mol. The molecule has 2 unspecified atom stereocenters. The number of hydrogen-bond acceptors (Lipinski definition) is 4. The zero-order valence-corrected chi connectivity index (χ0v) is 7.85. The van der Waals surface area contributed by atoms with Gasteiger partial charge < -0.3 is 15.9 Å². The fraction of sp³-hybridized carbons (Fsp3) is 0.250. The molecule has 0 aliphatic heterocycles. The Bertz CT molecular complexity index is 328. The van der Waals surface area contributed by atoms with Gasteiger partial charge in [-0.15, -0.1) is 0 Å². The van der Waals surface area contributed by atoms with Gasteiger partial charge in [0.05, 0.1) is 0 Å². The zero-order valence-electron chi connectivity index (χ0n) is 7.09. The van der Waals surface area contributed by atoms with Crippen LogP contribution in [0.25, 0.3) is 0 Å². The summed E-state index contributed by atoms with van der Waals surface area (Å²) in [6.07, 6.45) is 0.00719. The third kappa shape index (κ3) is 2.41. The molecule has 5 nitrogen and oxygen atoms in total. The summed E-state index contributed by atoms with van der Waals surface area (Å²) >= 11 is 5.52. The predicted molar refractivity (Wildman–Crippen MR) is 49.8 cm³/mol. The average Bonchev–Trinajstić information content (AvgIpc) is 2.16. The number of hydrogen-bond donors (Lipinski definition) is 3. The number of aliphatic carboxylic acids is 1. The van der Waals surface area contributed by atoms with E-state index in [4.69, 9.17) is 22.4 Å². The van der Waals surface area contributed by atoms with Gasteiger partial charge in [-0.3, -0.25) is 4.79 Å². The summed E-state index contributed by atoms with van der Waals surface area (Å²) in [5.41, 5.74) is 5.54. The fourth-order valence-corrected chi connectivity index (χ4v) is 1.02. The number of carboxylic acid groups (broad SMARTS) is 1. The van der Waals surface area contributed by atoms with E-state index in [1.54, 1.807) is 0 Å². The lowest BCUT2D eigenvalue weighted by Crippen LogP contribution is -2.36. The minimum absolute atomic E-state index is 0.268. The first-order valence-corrected chi connectivity index (χ1v) is 4.18. The molecule has 0 fully saturated rings. The molecule has 4 N–H and O–H groups in total. The van der Waals surface area contributed by atoms with Crippen LogP contribution in [0.4, 0.5) is 0 Å². The topological polar surface area (TPSA) is 96.4 Å². The Hall–Kier alpha value is -1.17. The van der Waals surface area contributed by atoms with Crippen LogP contribution in [0.5, 0.6) is 0 Å². The molecule has 0 saturated carbocycles. The molecule has 0 spiro atoms. The van der Waals surface area contributed by atoms with Crippen molar-refractivity contribution in [1.29, 1.82) is 0 Å². The van der Waals surface area contributed by atoms with Crippen molar-refractivity contribution < 1.29 is 15.0 Å². The van der Waals surface area contributed by atoms with E-state index in [0.717, 1.165) is 0 Å². The van der Waals surface area contributed by atoms with E-state index in [-0.39, 0.29) is 5.15 Å². The van der Waals surface area contributed by atoms with Crippen LogP contribution in [-0.4, -0.2) is 27.2 Å². The highest BCUT2D eigenvalue weighted by Gasteiger charge is 2.23. The summed E-state index contributed by atoms with van der Waals surface area (Å²) in [6.45, 7) is 0. The number of nitrogens with two attached hydrogens (primary N) is 1. The molecule has 1 rings (SSSR count). The van der Waals surface area contributed by atoms with Gasteiger partial charge in [-0.2, -0.15) is 0 Å². The van der Waals surface area contributed by atoms with Gasteiger partial charge in [0.25, 0.3) is 0 Å². The van der Waals surface area contributed by atoms with Gasteiger partial charge in [-0.1, -0.05) is 17.7 Å². The van der Waals surface area contributed by atoms with Crippen molar-refractivity contribution in [2.24, 2.45) is 5.73 Å². The summed E-state index contributed by atoms with van der Waals surface area (Å²) < 4.78 is 0. The Labute approximate surface area is 85.1 Å². The Morgan fingerprint density at radius 1 is 1.57 bits per heavy atom. The van der Waals surface area contributed by atoms with E-state index in [1.165, 1.54) is 18.3 Å². The van der Waals surface area contributed by atoms with Crippen LogP contribution in [0.15, 0.2) is 18.3 Å². The van der Waals surface area contributed by atoms with Crippen LogP contribution < -0.4 is 5.73 Å². The quantitative estimate of drug-likeness (QED) is 0.627. The molecule has 0 amide bonds. The van der Waals surface area contributed by atoms with Gasteiger partial charge in [0.1, 0.15) is 17.3 Å². The standard InChI is InChI=1S/C8H9ClN2O3/c9-5-2-1-4(3-11-5)7(12)6(10)8(13)14/h1-3,6-7,12H,10H2,(H,13,14). The molecule has 0 aliphatic carbocycles. The Morgan fingerprint density at radius 3 is 2.64 bits per heavy atom. The molecule has 2 atom stereocenters. The Kier molecular flexibility index (Phi) is 3.40. The van der Waals surface area contributed by atoms with Crippen LogP contribution in [0.1, 0.15) is 11.7 Å². The second kappa shape index (κ2) is 4.36. The molecule has 0 aliphatic rings. The molecule has 1 heterocycles. The van der Waals surface area contributed by atoms with Gasteiger partial charge in [-0.05, 0) is 6.07 Å². The van der Waals surface area contributed by atoms with Crippen molar-refractivity contribution in [1.82, 2.24) is 4.98 Å². The third-order valence-electron chi connectivity index (χ3n) is 1.72. The summed E-state index contributed by atoms with van der Waals surface area (Å²) in [6, 6.07) is 1.57. The molecular formula is C8H9ClN2O3. The SMILES string of the molecule is NC(C(=O)O)C(O)c1ccc(Cl)nc1. The number of aliphatic hydroxyl groups is 1. The molecule has 76 valence electrons. The van der Waals surface area contributed by atoms with Crippen LogP contribution in [0.3, 0.4) is 0 Å². The van der Waals surface area contributed by atoms with Crippen molar-refractivity contribution >= 4 is 17.6 Å². The van der Waals surface area contributed by atoms with Crippen LogP contribution in [-0.2, 0) is 4.79 Å². The van der Waals surface area contributed by atoms with Crippen molar-refractivity contribution in [2.45, 2.75) is 12.1 Å². The Balaban J connectivity index is 2.84. The minimum Gasteiger partial charge on any atom is -0.480 e. The van der Waals surface area contributed by atoms with Crippen LogP contribution >= 0.6 is 11.6 Å². The third-order valence-corrected chi connectivity index (χ3v) is 1.94. The number of carboxylic acids is 1. The van der Waals surface area contributed by atoms with Gasteiger partial charge in [-0.25, -0.2) is 4.98 Å². The van der Waals surface area contributed by atoms with Crippen LogP contribution in [0.2, 0.25) is 5.15 Å². The number of pyridine rings is 1. The molecule has 1 aromatic rings. The second-order valence-electron chi connectivity index (χ2n) is 2.72. The number of aromatic nitrogens is 1. The largest absolute Gasteiger partial charge is 0.480 e. The van der Waals surface area contributed by atoms with Crippen LogP contribution in [0, 0.1) is 0 Å². The van der Waals surface area contributed by atoms with E-state index in [2.05, 4.69) is 4.98 Å². The van der Waals surface area contributed by atoms with E-state index >= 15 is 0 Å². The van der Waals surface area contributed by atoms with E-state index in [0.29, 0.717) is 5.56 Å². The lowest BCUT2D eigenvalue weighted by atomic mass is 10.1. The smallest absolute Gasteiger partial charge is 0.323 e. The monoisotopic (exact) mass is 216 g/mol. The number of nitrogens with zero attached hydrogens (tertiary/aromatic N) is 1. The van der Waals surface area contributed by atoms with Gasteiger partial charge in [0.15, 0.2) is 0 Å². The predicted octanol–water partition coefficient (Wildman–Crippen LogP) is 0.180. The number of aliphatic hydroxyl groups excluding tert-OH is 1. The number of carbonyl (C=O) groups is 1. The van der Waals surface area contributed by atoms with Crippen molar-refractivity contribution in [3.05, 3.63) is 29.0 Å². The number of rotatable bonds is 3. The molecule has 0 radical (unpaired) electrons. The lowest BCUT2D eigenvalue weighted by Gasteiger charge is -2.14. The highest BCUT2D eigenvalue weighted by atomic mass is 35.5. The molecule has 0 bridgehead atoms. The highest BCUT2D eigenvalue weighted by molar-refractivity contribution is 6.29.